The highest BCUT2D eigenvalue weighted by molar-refractivity contribution is 7.99. The lowest BCUT2D eigenvalue weighted by atomic mass is 10.1. The molecule has 148 valence electrons. The molecule has 0 aliphatic rings. The van der Waals surface area contributed by atoms with Crippen LogP contribution in [0.2, 0.25) is 0 Å². The molecule has 3 aromatic rings. The van der Waals surface area contributed by atoms with Crippen molar-refractivity contribution < 1.29 is 9.53 Å². The minimum absolute atomic E-state index is 0.0884. The van der Waals surface area contributed by atoms with Crippen LogP contribution in [0, 0.1) is 0 Å². The molecule has 0 spiro atoms. The third-order valence-electron chi connectivity index (χ3n) is 3.88. The topological polar surface area (TPSA) is 73.2 Å². The molecule has 1 aromatic carbocycles. The number of hydrogen-bond donors (Lipinski definition) is 1. The number of thiophene rings is 1. The second-order valence-electron chi connectivity index (χ2n) is 7.36. The SMILES string of the molecule is COc1ccc(Cn2c(SCC(=O)NC(C)(C)C)nc3ccsc3c2=O)cc1. The lowest BCUT2D eigenvalue weighted by molar-refractivity contribution is -0.119. The first-order valence-corrected chi connectivity index (χ1v) is 10.7. The van der Waals surface area contributed by atoms with Crippen LogP contribution in [0.4, 0.5) is 0 Å². The molecular formula is C20H23N3O3S2. The molecule has 0 fully saturated rings. The van der Waals surface area contributed by atoms with E-state index < -0.39 is 0 Å². The molecule has 0 saturated heterocycles. The number of benzene rings is 1. The van der Waals surface area contributed by atoms with Crippen molar-refractivity contribution in [3.8, 4) is 5.75 Å². The molecule has 28 heavy (non-hydrogen) atoms. The molecule has 0 aliphatic carbocycles. The molecule has 0 aliphatic heterocycles. The van der Waals surface area contributed by atoms with Crippen molar-refractivity contribution in [3.63, 3.8) is 0 Å². The van der Waals surface area contributed by atoms with E-state index in [1.54, 1.807) is 11.7 Å². The molecule has 8 heteroatoms. The van der Waals surface area contributed by atoms with E-state index in [0.717, 1.165) is 11.3 Å². The van der Waals surface area contributed by atoms with Gasteiger partial charge in [-0.3, -0.25) is 14.2 Å². The van der Waals surface area contributed by atoms with Crippen molar-refractivity contribution in [1.82, 2.24) is 14.9 Å². The zero-order chi connectivity index (χ0) is 20.3. The quantitative estimate of drug-likeness (QED) is 0.491. The highest BCUT2D eigenvalue weighted by Crippen LogP contribution is 2.22. The predicted octanol–water partition coefficient (Wildman–Crippen LogP) is 3.52. The Morgan fingerprint density at radius 1 is 1.25 bits per heavy atom. The first-order chi connectivity index (χ1) is 13.3. The number of thioether (sulfide) groups is 1. The smallest absolute Gasteiger partial charge is 0.272 e. The normalized spacial score (nSPS) is 11.6. The van der Waals surface area contributed by atoms with Crippen LogP contribution in [0.25, 0.3) is 10.2 Å². The van der Waals surface area contributed by atoms with Crippen molar-refractivity contribution in [2.75, 3.05) is 12.9 Å². The summed E-state index contributed by atoms with van der Waals surface area (Å²) in [6, 6.07) is 9.40. The van der Waals surface area contributed by atoms with Crippen molar-refractivity contribution in [1.29, 1.82) is 0 Å². The number of methoxy groups -OCH3 is 1. The van der Waals surface area contributed by atoms with Crippen LogP contribution in [0.1, 0.15) is 26.3 Å². The summed E-state index contributed by atoms with van der Waals surface area (Å²) in [5.74, 6) is 0.867. The number of carbonyl (C=O) groups is 1. The molecule has 3 rings (SSSR count). The number of fused-ring (bicyclic) bond motifs is 1. The van der Waals surface area contributed by atoms with Gasteiger partial charge in [-0.05, 0) is 49.9 Å². The van der Waals surface area contributed by atoms with E-state index in [-0.39, 0.29) is 22.8 Å². The summed E-state index contributed by atoms with van der Waals surface area (Å²) in [5.41, 5.74) is 1.24. The fraction of sp³-hybridized carbons (Fsp3) is 0.350. The summed E-state index contributed by atoms with van der Waals surface area (Å²) < 4.78 is 7.45. The lowest BCUT2D eigenvalue weighted by Gasteiger charge is -2.20. The van der Waals surface area contributed by atoms with Gasteiger partial charge in [0.05, 0.1) is 24.9 Å². The second kappa shape index (κ2) is 8.36. The number of carbonyl (C=O) groups excluding carboxylic acids is 1. The Labute approximate surface area is 171 Å². The highest BCUT2D eigenvalue weighted by Gasteiger charge is 2.17. The van der Waals surface area contributed by atoms with Gasteiger partial charge in [0.2, 0.25) is 5.91 Å². The summed E-state index contributed by atoms with van der Waals surface area (Å²) in [5, 5.41) is 5.33. The molecule has 6 nitrogen and oxygen atoms in total. The van der Waals surface area contributed by atoms with Crippen LogP contribution < -0.4 is 15.6 Å². The van der Waals surface area contributed by atoms with Crippen LogP contribution in [0.15, 0.2) is 45.7 Å². The zero-order valence-electron chi connectivity index (χ0n) is 16.3. The average Bonchev–Trinajstić information content (AvgIpc) is 3.10. The molecule has 0 atom stereocenters. The molecule has 0 unspecified atom stereocenters. The van der Waals surface area contributed by atoms with Gasteiger partial charge in [-0.1, -0.05) is 23.9 Å². The Balaban J connectivity index is 1.90. The van der Waals surface area contributed by atoms with Crippen LogP contribution in [-0.4, -0.2) is 33.9 Å². The number of ether oxygens (including phenoxy) is 1. The van der Waals surface area contributed by atoms with Gasteiger partial charge in [0.15, 0.2) is 5.16 Å². The fourth-order valence-corrected chi connectivity index (χ4v) is 4.25. The number of nitrogens with zero attached hydrogens (tertiary/aromatic N) is 2. The predicted molar refractivity (Wildman–Crippen MR) is 115 cm³/mol. The maximum absolute atomic E-state index is 13.0. The summed E-state index contributed by atoms with van der Waals surface area (Å²) in [6.45, 7) is 6.19. The number of amides is 1. The van der Waals surface area contributed by atoms with E-state index in [1.807, 2.05) is 56.5 Å². The van der Waals surface area contributed by atoms with Gasteiger partial charge in [-0.2, -0.15) is 0 Å². The zero-order valence-corrected chi connectivity index (χ0v) is 17.9. The molecule has 0 saturated carbocycles. The Morgan fingerprint density at radius 3 is 2.61 bits per heavy atom. The van der Waals surface area contributed by atoms with Gasteiger partial charge in [0, 0.05) is 5.54 Å². The average molecular weight is 418 g/mol. The van der Waals surface area contributed by atoms with Crippen molar-refractivity contribution in [2.45, 2.75) is 38.0 Å². The Hall–Kier alpha value is -2.32. The van der Waals surface area contributed by atoms with Gasteiger partial charge in [-0.25, -0.2) is 4.98 Å². The maximum atomic E-state index is 13.0. The molecule has 2 aromatic heterocycles. The minimum Gasteiger partial charge on any atom is -0.497 e. The first-order valence-electron chi connectivity index (χ1n) is 8.81. The van der Waals surface area contributed by atoms with E-state index in [2.05, 4.69) is 10.3 Å². The van der Waals surface area contributed by atoms with Crippen LogP contribution in [0.5, 0.6) is 5.75 Å². The summed E-state index contributed by atoms with van der Waals surface area (Å²) in [4.78, 5) is 29.8. The third-order valence-corrected chi connectivity index (χ3v) is 5.75. The summed E-state index contributed by atoms with van der Waals surface area (Å²) in [7, 11) is 1.62. The van der Waals surface area contributed by atoms with Gasteiger partial charge in [-0.15, -0.1) is 11.3 Å². The lowest BCUT2D eigenvalue weighted by Crippen LogP contribution is -2.41. The fourth-order valence-electron chi connectivity index (χ4n) is 2.67. The summed E-state index contributed by atoms with van der Waals surface area (Å²) >= 11 is 2.66. The van der Waals surface area contributed by atoms with Gasteiger partial charge < -0.3 is 10.1 Å². The summed E-state index contributed by atoms with van der Waals surface area (Å²) in [6.07, 6.45) is 0. The Bertz CT molecular complexity index is 1030. The number of rotatable bonds is 6. The second-order valence-corrected chi connectivity index (χ2v) is 9.21. The molecule has 0 bridgehead atoms. The van der Waals surface area contributed by atoms with Gasteiger partial charge in [0.1, 0.15) is 10.4 Å². The Morgan fingerprint density at radius 2 is 1.96 bits per heavy atom. The monoisotopic (exact) mass is 417 g/mol. The molecular weight excluding hydrogens is 394 g/mol. The van der Waals surface area contributed by atoms with E-state index in [9.17, 15) is 9.59 Å². The minimum atomic E-state index is -0.300. The van der Waals surface area contributed by atoms with E-state index in [0.29, 0.717) is 21.9 Å². The van der Waals surface area contributed by atoms with Crippen molar-refractivity contribution >= 4 is 39.2 Å². The molecule has 0 radical (unpaired) electrons. The van der Waals surface area contributed by atoms with E-state index >= 15 is 0 Å². The largest absolute Gasteiger partial charge is 0.497 e. The standard InChI is InChI=1S/C20H23N3O3S2/c1-20(2,3)22-16(24)12-28-19-21-15-9-10-27-17(15)18(25)23(19)11-13-5-7-14(26-4)8-6-13/h5-10H,11-12H2,1-4H3,(H,22,24). The molecule has 2 heterocycles. The van der Waals surface area contributed by atoms with Crippen LogP contribution in [0.3, 0.4) is 0 Å². The number of aromatic nitrogens is 2. The van der Waals surface area contributed by atoms with Crippen molar-refractivity contribution in [3.05, 3.63) is 51.6 Å². The first kappa shape index (κ1) is 20.4. The van der Waals surface area contributed by atoms with Crippen molar-refractivity contribution in [2.24, 2.45) is 0 Å². The number of hydrogen-bond acceptors (Lipinski definition) is 6. The van der Waals surface area contributed by atoms with Gasteiger partial charge in [0.25, 0.3) is 5.56 Å². The third kappa shape index (κ3) is 4.94. The van der Waals surface area contributed by atoms with Gasteiger partial charge >= 0.3 is 0 Å². The van der Waals surface area contributed by atoms with E-state index in [4.69, 9.17) is 4.74 Å². The highest BCUT2D eigenvalue weighted by atomic mass is 32.2. The van der Waals surface area contributed by atoms with E-state index in [1.165, 1.54) is 23.1 Å². The van der Waals surface area contributed by atoms with Crippen LogP contribution in [-0.2, 0) is 11.3 Å². The number of nitrogens with one attached hydrogen (secondary N) is 1. The Kier molecular flexibility index (Phi) is 6.10. The maximum Gasteiger partial charge on any atom is 0.272 e. The van der Waals surface area contributed by atoms with Crippen LogP contribution >= 0.6 is 23.1 Å². The molecule has 1 N–H and O–H groups in total. The molecule has 1 amide bonds.